The van der Waals surface area contributed by atoms with Crippen molar-refractivity contribution in [3.05, 3.63) is 83.2 Å². The van der Waals surface area contributed by atoms with Crippen LogP contribution in [0.2, 0.25) is 0 Å². The molecule has 6 heteroatoms. The number of fused-ring (bicyclic) bond motifs is 1. The van der Waals surface area contributed by atoms with Gasteiger partial charge in [-0.3, -0.25) is 14.3 Å². The second-order valence-electron chi connectivity index (χ2n) is 7.07. The fourth-order valence-corrected chi connectivity index (χ4v) is 3.37. The quantitative estimate of drug-likeness (QED) is 0.719. The third kappa shape index (κ3) is 3.96. The second-order valence-corrected chi connectivity index (χ2v) is 7.07. The van der Waals surface area contributed by atoms with Crippen LogP contribution in [0.25, 0.3) is 0 Å². The fourth-order valence-electron chi connectivity index (χ4n) is 3.37. The van der Waals surface area contributed by atoms with Gasteiger partial charge in [-0.15, -0.1) is 0 Å². The zero-order valence-electron chi connectivity index (χ0n) is 15.7. The minimum atomic E-state index is -0.155. The summed E-state index contributed by atoms with van der Waals surface area (Å²) in [6.45, 7) is 2.58. The van der Waals surface area contributed by atoms with E-state index in [0.717, 1.165) is 28.8 Å². The van der Waals surface area contributed by atoms with Crippen molar-refractivity contribution in [1.29, 1.82) is 0 Å². The molecular weight excluding hydrogens is 352 g/mol. The summed E-state index contributed by atoms with van der Waals surface area (Å²) in [5.74, 6) is -0.105. The van der Waals surface area contributed by atoms with Gasteiger partial charge in [0.15, 0.2) is 0 Å². The van der Waals surface area contributed by atoms with Gasteiger partial charge in [0.2, 0.25) is 5.91 Å². The van der Waals surface area contributed by atoms with E-state index in [4.69, 9.17) is 0 Å². The molecule has 1 aliphatic rings. The van der Waals surface area contributed by atoms with Crippen LogP contribution in [0.4, 0.5) is 5.69 Å². The van der Waals surface area contributed by atoms with E-state index in [0.29, 0.717) is 18.5 Å². The Bertz CT molecular complexity index is 1010. The van der Waals surface area contributed by atoms with Crippen molar-refractivity contribution in [3.63, 3.8) is 0 Å². The summed E-state index contributed by atoms with van der Waals surface area (Å²) in [4.78, 5) is 24.1. The van der Waals surface area contributed by atoms with Crippen LogP contribution in [0, 0.1) is 0 Å². The number of hydrogen-bond donors (Lipinski definition) is 2. The molecule has 4 rings (SSSR count). The smallest absolute Gasteiger partial charge is 0.254 e. The SMILES string of the molecule is C[C@H](NC(=O)c1cnn(Cc2ccccc2)c1)c1ccc2c(c1)CCC(=O)N2. The van der Waals surface area contributed by atoms with Crippen molar-refractivity contribution in [1.82, 2.24) is 15.1 Å². The molecule has 1 aliphatic heterocycles. The lowest BCUT2D eigenvalue weighted by Gasteiger charge is -2.20. The third-order valence-electron chi connectivity index (χ3n) is 4.96. The van der Waals surface area contributed by atoms with Gasteiger partial charge in [-0.25, -0.2) is 0 Å². The Morgan fingerprint density at radius 3 is 2.86 bits per heavy atom. The average molecular weight is 374 g/mol. The van der Waals surface area contributed by atoms with Crippen molar-refractivity contribution in [2.75, 3.05) is 5.32 Å². The van der Waals surface area contributed by atoms with E-state index in [1.807, 2.05) is 49.4 Å². The van der Waals surface area contributed by atoms with Crippen molar-refractivity contribution < 1.29 is 9.59 Å². The Balaban J connectivity index is 1.41. The number of benzene rings is 2. The number of hydrogen-bond acceptors (Lipinski definition) is 3. The van der Waals surface area contributed by atoms with Crippen LogP contribution in [0.5, 0.6) is 0 Å². The molecule has 0 unspecified atom stereocenters. The van der Waals surface area contributed by atoms with E-state index < -0.39 is 0 Å². The third-order valence-corrected chi connectivity index (χ3v) is 4.96. The number of anilines is 1. The highest BCUT2D eigenvalue weighted by molar-refractivity contribution is 5.94. The number of rotatable bonds is 5. The van der Waals surface area contributed by atoms with Crippen LogP contribution in [-0.4, -0.2) is 21.6 Å². The van der Waals surface area contributed by atoms with E-state index in [9.17, 15) is 9.59 Å². The fraction of sp³-hybridized carbons (Fsp3) is 0.227. The van der Waals surface area contributed by atoms with Crippen molar-refractivity contribution in [3.8, 4) is 0 Å². The molecule has 0 saturated carbocycles. The van der Waals surface area contributed by atoms with E-state index >= 15 is 0 Å². The first-order valence-electron chi connectivity index (χ1n) is 9.38. The summed E-state index contributed by atoms with van der Waals surface area (Å²) in [5, 5.41) is 10.2. The minimum Gasteiger partial charge on any atom is -0.345 e. The summed E-state index contributed by atoms with van der Waals surface area (Å²) in [6.07, 6.45) is 4.57. The zero-order chi connectivity index (χ0) is 19.5. The van der Waals surface area contributed by atoms with Gasteiger partial charge in [-0.1, -0.05) is 42.5 Å². The van der Waals surface area contributed by atoms with Gasteiger partial charge < -0.3 is 10.6 Å². The van der Waals surface area contributed by atoms with Gasteiger partial charge in [0.25, 0.3) is 5.91 Å². The summed E-state index contributed by atoms with van der Waals surface area (Å²) in [7, 11) is 0. The summed E-state index contributed by atoms with van der Waals surface area (Å²) in [6, 6.07) is 15.8. The Kier molecular flexibility index (Phi) is 4.93. The molecule has 142 valence electrons. The normalized spacial score (nSPS) is 14.1. The Morgan fingerprint density at radius 2 is 2.04 bits per heavy atom. The van der Waals surface area contributed by atoms with Crippen molar-refractivity contribution in [2.24, 2.45) is 0 Å². The van der Waals surface area contributed by atoms with Crippen LogP contribution < -0.4 is 10.6 Å². The van der Waals surface area contributed by atoms with E-state index in [2.05, 4.69) is 21.8 Å². The van der Waals surface area contributed by atoms with E-state index in [-0.39, 0.29) is 17.9 Å². The number of aromatic nitrogens is 2. The Labute approximate surface area is 163 Å². The molecule has 1 atom stereocenters. The summed E-state index contributed by atoms with van der Waals surface area (Å²) >= 11 is 0. The average Bonchev–Trinajstić information content (AvgIpc) is 3.17. The minimum absolute atomic E-state index is 0.0501. The highest BCUT2D eigenvalue weighted by atomic mass is 16.2. The molecule has 0 bridgehead atoms. The molecule has 2 aromatic carbocycles. The molecular formula is C22H22N4O2. The molecule has 3 aromatic rings. The maximum Gasteiger partial charge on any atom is 0.254 e. The van der Waals surface area contributed by atoms with E-state index in [1.165, 1.54) is 0 Å². The maximum absolute atomic E-state index is 12.6. The summed E-state index contributed by atoms with van der Waals surface area (Å²) in [5.41, 5.74) is 4.65. The van der Waals surface area contributed by atoms with Crippen LogP contribution in [-0.2, 0) is 17.8 Å². The molecule has 2 amide bonds. The number of carbonyl (C=O) groups excluding carboxylic acids is 2. The molecule has 28 heavy (non-hydrogen) atoms. The highest BCUT2D eigenvalue weighted by Gasteiger charge is 2.18. The predicted octanol–water partition coefficient (Wildman–Crippen LogP) is 3.31. The standard InChI is InChI=1S/C22H22N4O2/c1-15(17-7-9-20-18(11-17)8-10-21(27)25-20)24-22(28)19-12-23-26(14-19)13-16-5-3-2-4-6-16/h2-7,9,11-12,14-15H,8,10,13H2,1H3,(H,24,28)(H,25,27)/t15-/m0/s1. The molecule has 0 saturated heterocycles. The number of aryl methyl sites for hydroxylation is 1. The lowest BCUT2D eigenvalue weighted by molar-refractivity contribution is -0.116. The van der Waals surface area contributed by atoms with Crippen LogP contribution >= 0.6 is 0 Å². The topological polar surface area (TPSA) is 76.0 Å². The Morgan fingerprint density at radius 1 is 1.21 bits per heavy atom. The molecule has 2 N–H and O–H groups in total. The first-order chi connectivity index (χ1) is 13.6. The first-order valence-corrected chi connectivity index (χ1v) is 9.38. The molecule has 0 fully saturated rings. The molecule has 0 spiro atoms. The van der Waals surface area contributed by atoms with Crippen LogP contribution in [0.15, 0.2) is 60.9 Å². The van der Waals surface area contributed by atoms with Crippen molar-refractivity contribution in [2.45, 2.75) is 32.4 Å². The van der Waals surface area contributed by atoms with Gasteiger partial charge in [-0.05, 0) is 36.1 Å². The molecule has 6 nitrogen and oxygen atoms in total. The molecule has 2 heterocycles. The number of nitrogens with zero attached hydrogens (tertiary/aromatic N) is 2. The lowest BCUT2D eigenvalue weighted by atomic mass is 9.97. The summed E-state index contributed by atoms with van der Waals surface area (Å²) < 4.78 is 1.76. The molecule has 0 radical (unpaired) electrons. The van der Waals surface area contributed by atoms with Gasteiger partial charge in [0.05, 0.1) is 24.3 Å². The number of amides is 2. The maximum atomic E-state index is 12.6. The largest absolute Gasteiger partial charge is 0.345 e. The van der Waals surface area contributed by atoms with Crippen molar-refractivity contribution >= 4 is 17.5 Å². The number of nitrogens with one attached hydrogen (secondary N) is 2. The predicted molar refractivity (Wildman–Crippen MR) is 107 cm³/mol. The van der Waals surface area contributed by atoms with Gasteiger partial charge in [0, 0.05) is 18.3 Å². The highest BCUT2D eigenvalue weighted by Crippen LogP contribution is 2.26. The van der Waals surface area contributed by atoms with E-state index in [1.54, 1.807) is 17.1 Å². The molecule has 0 aliphatic carbocycles. The first kappa shape index (κ1) is 18.0. The monoisotopic (exact) mass is 374 g/mol. The Hall–Kier alpha value is -3.41. The van der Waals surface area contributed by atoms with Gasteiger partial charge in [-0.2, -0.15) is 5.10 Å². The lowest BCUT2D eigenvalue weighted by Crippen LogP contribution is -2.27. The molecule has 1 aromatic heterocycles. The van der Waals surface area contributed by atoms with Crippen LogP contribution in [0.1, 0.15) is 46.4 Å². The van der Waals surface area contributed by atoms with Gasteiger partial charge >= 0.3 is 0 Å². The second kappa shape index (κ2) is 7.68. The van der Waals surface area contributed by atoms with Crippen LogP contribution in [0.3, 0.4) is 0 Å². The zero-order valence-corrected chi connectivity index (χ0v) is 15.7. The number of carbonyl (C=O) groups is 2. The van der Waals surface area contributed by atoms with Gasteiger partial charge in [0.1, 0.15) is 0 Å².